The third kappa shape index (κ3) is 4.49. The van der Waals surface area contributed by atoms with Crippen LogP contribution in [0, 0.1) is 0 Å². The molecule has 2 aliphatic heterocycles. The van der Waals surface area contributed by atoms with E-state index in [9.17, 15) is 14.4 Å². The number of pyridine rings is 1. The molecular formula is C20H20N8O5S. The summed E-state index contributed by atoms with van der Waals surface area (Å²) in [6.45, 7) is -1.59. The Labute approximate surface area is 201 Å². The first-order valence-electron chi connectivity index (χ1n) is 11.7. The summed E-state index contributed by atoms with van der Waals surface area (Å²) in [6.07, 6.45) is 1.38. The van der Waals surface area contributed by atoms with E-state index in [0.29, 0.717) is 28.5 Å². The van der Waals surface area contributed by atoms with Crippen molar-refractivity contribution in [1.82, 2.24) is 29.8 Å². The van der Waals surface area contributed by atoms with Crippen molar-refractivity contribution in [2.75, 3.05) is 42.2 Å². The predicted octanol–water partition coefficient (Wildman–Crippen LogP) is 0.156. The van der Waals surface area contributed by atoms with Gasteiger partial charge in [-0.15, -0.1) is 0 Å². The highest BCUT2D eigenvalue weighted by Gasteiger charge is 2.34. The minimum Gasteiger partial charge on any atom is -0.476 e. The molecule has 1 fully saturated rings. The molecule has 1 saturated heterocycles. The maximum absolute atomic E-state index is 12.3. The highest BCUT2D eigenvalue weighted by molar-refractivity contribution is 8.00. The normalized spacial score (nSPS) is 19.1. The van der Waals surface area contributed by atoms with Crippen molar-refractivity contribution >= 4 is 46.6 Å². The second-order valence-corrected chi connectivity index (χ2v) is 8.28. The van der Waals surface area contributed by atoms with Gasteiger partial charge in [0.25, 0.3) is 5.56 Å². The molecule has 176 valence electrons. The Morgan fingerprint density at radius 2 is 2.21 bits per heavy atom. The highest BCUT2D eigenvalue weighted by Crippen LogP contribution is 2.30. The molecule has 5 rings (SSSR count). The topological polar surface area (TPSA) is 153 Å². The quantitative estimate of drug-likeness (QED) is 0.438. The molecule has 0 saturated carbocycles. The van der Waals surface area contributed by atoms with E-state index in [1.807, 2.05) is 0 Å². The van der Waals surface area contributed by atoms with Crippen LogP contribution in [0.2, 0.25) is 0 Å². The molecule has 34 heavy (non-hydrogen) atoms. The molecule has 1 atom stereocenters. The van der Waals surface area contributed by atoms with Crippen LogP contribution in [-0.2, 0) is 16.5 Å². The van der Waals surface area contributed by atoms with Crippen LogP contribution >= 0.6 is 11.8 Å². The van der Waals surface area contributed by atoms with Gasteiger partial charge in [0.2, 0.25) is 11.8 Å². The van der Waals surface area contributed by atoms with Crippen LogP contribution in [0.15, 0.2) is 34.3 Å². The molecule has 2 aliphatic rings. The Morgan fingerprint density at radius 3 is 3.09 bits per heavy atom. The fourth-order valence-corrected chi connectivity index (χ4v) is 4.05. The van der Waals surface area contributed by atoms with E-state index >= 15 is 0 Å². The highest BCUT2D eigenvalue weighted by atomic mass is 32.2. The molecule has 2 amide bonds. The number of thioether (sulfide) groups is 1. The Morgan fingerprint density at radius 1 is 1.29 bits per heavy atom. The largest absolute Gasteiger partial charge is 0.476 e. The fraction of sp³-hybridized carbons (Fsp3) is 0.350. The van der Waals surface area contributed by atoms with Crippen LogP contribution in [0.3, 0.4) is 0 Å². The Bertz CT molecular complexity index is 1440. The van der Waals surface area contributed by atoms with Gasteiger partial charge in [-0.1, -0.05) is 11.8 Å². The molecule has 0 aromatic carbocycles. The number of cyclic esters (lactones) is 1. The number of nitrogens with one attached hydrogen (secondary N) is 2. The van der Waals surface area contributed by atoms with E-state index in [0.717, 1.165) is 6.20 Å². The first kappa shape index (κ1) is 18.6. The van der Waals surface area contributed by atoms with E-state index in [1.54, 1.807) is 0 Å². The summed E-state index contributed by atoms with van der Waals surface area (Å²) in [5.74, 6) is 0.819. The molecule has 0 aliphatic carbocycles. The number of rotatable bonds is 7. The molecule has 3 aromatic heterocycles. The Balaban J connectivity index is 1.13. The molecule has 0 spiro atoms. The summed E-state index contributed by atoms with van der Waals surface area (Å²) in [7, 11) is 0. The summed E-state index contributed by atoms with van der Waals surface area (Å²) >= 11 is 1.28. The van der Waals surface area contributed by atoms with E-state index in [1.165, 1.54) is 35.0 Å². The monoisotopic (exact) mass is 487 g/mol. The zero-order valence-electron chi connectivity index (χ0n) is 20.6. The zero-order chi connectivity index (χ0) is 26.2. The maximum atomic E-state index is 12.3. The number of fused-ring (bicyclic) bond motifs is 2. The number of ether oxygens (including phenoxy) is 2. The number of hydrogen-bond acceptors (Lipinski definition) is 11. The molecule has 0 bridgehead atoms. The molecule has 13 nitrogen and oxygen atoms in total. The van der Waals surface area contributed by atoms with Gasteiger partial charge in [-0.2, -0.15) is 4.98 Å². The lowest BCUT2D eigenvalue weighted by Gasteiger charge is -2.17. The SMILES string of the molecule is [2H]C([2H])([2H])n1c(=O)cnc2ccc(OCCNCC3CN(c4cnc5c(n4)NC(=O)CS5)C(=O)O3)nc21. The number of carbonyl (C=O) groups excluding carboxylic acids is 2. The Hall–Kier alpha value is -3.78. The van der Waals surface area contributed by atoms with Crippen LogP contribution in [0.5, 0.6) is 5.88 Å². The zero-order valence-corrected chi connectivity index (χ0v) is 18.4. The van der Waals surface area contributed by atoms with Crippen LogP contribution in [0.4, 0.5) is 16.4 Å². The van der Waals surface area contributed by atoms with Gasteiger partial charge in [-0.05, 0) is 6.07 Å². The predicted molar refractivity (Wildman–Crippen MR) is 122 cm³/mol. The molecule has 2 N–H and O–H groups in total. The van der Waals surface area contributed by atoms with Gasteiger partial charge in [0.15, 0.2) is 17.3 Å². The number of amides is 2. The average molecular weight is 488 g/mol. The molecule has 3 aromatic rings. The van der Waals surface area contributed by atoms with Crippen molar-refractivity contribution in [2.45, 2.75) is 11.1 Å². The van der Waals surface area contributed by atoms with Crippen LogP contribution < -0.4 is 25.8 Å². The van der Waals surface area contributed by atoms with Crippen molar-refractivity contribution in [2.24, 2.45) is 6.98 Å². The first-order valence-corrected chi connectivity index (χ1v) is 11.2. The summed E-state index contributed by atoms with van der Waals surface area (Å²) < 4.78 is 34.3. The lowest BCUT2D eigenvalue weighted by Crippen LogP contribution is -2.33. The molecular weight excluding hydrogens is 464 g/mol. The smallest absolute Gasteiger partial charge is 0.416 e. The summed E-state index contributed by atoms with van der Waals surface area (Å²) in [4.78, 5) is 53.9. The lowest BCUT2D eigenvalue weighted by molar-refractivity contribution is -0.113. The molecule has 0 radical (unpaired) electrons. The van der Waals surface area contributed by atoms with Crippen LogP contribution in [0.1, 0.15) is 4.11 Å². The van der Waals surface area contributed by atoms with Gasteiger partial charge in [-0.3, -0.25) is 19.1 Å². The van der Waals surface area contributed by atoms with E-state index in [-0.39, 0.29) is 47.7 Å². The van der Waals surface area contributed by atoms with Gasteiger partial charge in [0, 0.05) is 30.2 Å². The number of carbonyl (C=O) groups is 2. The standard InChI is InChI=1S/C20H20N8O5S/c1-27-16(30)8-22-12-2-3-15(26-18(12)27)32-5-4-21-6-11-9-28(20(31)33-11)13-7-23-19-17(24-13)25-14(29)10-34-19/h2-3,7-8,11,21H,4-6,9-10H2,1H3,(H,24,25,29)/i1D3. The summed E-state index contributed by atoms with van der Waals surface area (Å²) in [5, 5.41) is 6.35. The summed E-state index contributed by atoms with van der Waals surface area (Å²) in [6, 6.07) is 3.05. The molecule has 5 heterocycles. The average Bonchev–Trinajstić information content (AvgIpc) is 3.22. The number of aryl methyl sites for hydroxylation is 1. The minimum atomic E-state index is -2.71. The number of aromatic nitrogens is 5. The maximum Gasteiger partial charge on any atom is 0.416 e. The second-order valence-electron chi connectivity index (χ2n) is 7.31. The van der Waals surface area contributed by atoms with Crippen molar-refractivity contribution in [3.8, 4) is 5.88 Å². The van der Waals surface area contributed by atoms with Crippen molar-refractivity contribution in [3.05, 3.63) is 34.9 Å². The molecule has 14 heteroatoms. The first-order chi connectivity index (χ1) is 17.7. The number of nitrogens with zero attached hydrogens (tertiary/aromatic N) is 6. The molecule has 1 unspecified atom stereocenters. The minimum absolute atomic E-state index is 0.0978. The number of hydrogen-bond donors (Lipinski definition) is 2. The van der Waals surface area contributed by atoms with Crippen LogP contribution in [-0.4, -0.2) is 74.6 Å². The van der Waals surface area contributed by atoms with Gasteiger partial charge in [0.05, 0.1) is 24.7 Å². The lowest BCUT2D eigenvalue weighted by atomic mass is 10.3. The van der Waals surface area contributed by atoms with E-state index < -0.39 is 24.7 Å². The van der Waals surface area contributed by atoms with Gasteiger partial charge in [-0.25, -0.2) is 19.7 Å². The summed E-state index contributed by atoms with van der Waals surface area (Å²) in [5.41, 5.74) is -0.637. The van der Waals surface area contributed by atoms with Crippen LogP contribution in [0.25, 0.3) is 11.2 Å². The van der Waals surface area contributed by atoms with Gasteiger partial charge >= 0.3 is 6.09 Å². The third-order valence-electron chi connectivity index (χ3n) is 4.95. The fourth-order valence-electron chi connectivity index (χ4n) is 3.35. The van der Waals surface area contributed by atoms with E-state index in [4.69, 9.17) is 13.6 Å². The van der Waals surface area contributed by atoms with Gasteiger partial charge < -0.3 is 20.1 Å². The Kier molecular flexibility index (Phi) is 5.05. The van der Waals surface area contributed by atoms with Gasteiger partial charge in [0.1, 0.15) is 23.3 Å². The van der Waals surface area contributed by atoms with Crippen molar-refractivity contribution in [1.29, 1.82) is 0 Å². The number of anilines is 2. The van der Waals surface area contributed by atoms with E-state index in [2.05, 4.69) is 30.6 Å². The van der Waals surface area contributed by atoms with Crippen molar-refractivity contribution < 1.29 is 23.2 Å². The second kappa shape index (κ2) is 9.23. The van der Waals surface area contributed by atoms with Crippen molar-refractivity contribution in [3.63, 3.8) is 0 Å². The third-order valence-corrected chi connectivity index (χ3v) is 5.93.